The van der Waals surface area contributed by atoms with Crippen molar-refractivity contribution < 1.29 is 23.5 Å². The van der Waals surface area contributed by atoms with Crippen LogP contribution in [0.2, 0.25) is 0 Å². The Morgan fingerprint density at radius 2 is 1.84 bits per heavy atom. The number of amides is 1. The fourth-order valence-corrected chi connectivity index (χ4v) is 3.37. The van der Waals surface area contributed by atoms with Gasteiger partial charge in [-0.15, -0.1) is 0 Å². The summed E-state index contributed by atoms with van der Waals surface area (Å²) < 4.78 is 16.4. The quantitative estimate of drug-likeness (QED) is 0.337. The van der Waals surface area contributed by atoms with E-state index in [1.165, 1.54) is 6.07 Å². The molecule has 0 saturated heterocycles. The fourth-order valence-electron chi connectivity index (χ4n) is 3.37. The van der Waals surface area contributed by atoms with Crippen molar-refractivity contribution in [3.05, 3.63) is 39.7 Å². The van der Waals surface area contributed by atoms with Gasteiger partial charge in [0.25, 0.3) is 0 Å². The van der Waals surface area contributed by atoms with Crippen molar-refractivity contribution in [2.24, 2.45) is 5.92 Å². The van der Waals surface area contributed by atoms with E-state index in [0.29, 0.717) is 29.2 Å². The van der Waals surface area contributed by atoms with E-state index in [1.807, 2.05) is 20.8 Å². The SMILES string of the molecule is CCCc1cc(=O)oc2c(C)c(OC(=O)[C@@H](CCC(C)C)NC(=O)OC(C)(C)C)ccc12. The summed E-state index contributed by atoms with van der Waals surface area (Å²) >= 11 is 0. The van der Waals surface area contributed by atoms with E-state index in [9.17, 15) is 14.4 Å². The Morgan fingerprint density at radius 3 is 2.44 bits per heavy atom. The molecule has 0 aliphatic carbocycles. The molecule has 0 fully saturated rings. The molecule has 0 saturated carbocycles. The molecule has 32 heavy (non-hydrogen) atoms. The summed E-state index contributed by atoms with van der Waals surface area (Å²) in [6.45, 7) is 13.1. The highest BCUT2D eigenvalue weighted by molar-refractivity contribution is 5.87. The number of hydrogen-bond donors (Lipinski definition) is 1. The summed E-state index contributed by atoms with van der Waals surface area (Å²) in [5.74, 6) is 0.0465. The number of ether oxygens (including phenoxy) is 2. The number of carbonyl (C=O) groups excluding carboxylic acids is 2. The van der Waals surface area contributed by atoms with Gasteiger partial charge in [-0.25, -0.2) is 14.4 Å². The van der Waals surface area contributed by atoms with Gasteiger partial charge in [-0.3, -0.25) is 0 Å². The van der Waals surface area contributed by atoms with Crippen molar-refractivity contribution in [2.45, 2.75) is 85.8 Å². The number of benzene rings is 1. The molecule has 7 heteroatoms. The molecule has 1 aromatic carbocycles. The van der Waals surface area contributed by atoms with Gasteiger partial charge < -0.3 is 19.2 Å². The second kappa shape index (κ2) is 10.7. The van der Waals surface area contributed by atoms with Gasteiger partial charge in [-0.2, -0.15) is 0 Å². The van der Waals surface area contributed by atoms with Crippen LogP contribution in [0.4, 0.5) is 4.79 Å². The third kappa shape index (κ3) is 7.11. The molecule has 176 valence electrons. The summed E-state index contributed by atoms with van der Waals surface area (Å²) in [4.78, 5) is 37.2. The van der Waals surface area contributed by atoms with Crippen molar-refractivity contribution in [1.82, 2.24) is 5.32 Å². The Balaban J connectivity index is 2.30. The predicted molar refractivity (Wildman–Crippen MR) is 124 cm³/mol. The zero-order valence-corrected chi connectivity index (χ0v) is 20.2. The van der Waals surface area contributed by atoms with Gasteiger partial charge in [0, 0.05) is 17.0 Å². The van der Waals surface area contributed by atoms with Gasteiger partial charge in [0.1, 0.15) is 23.0 Å². The molecular formula is C25H35NO6. The number of rotatable bonds is 8. The largest absolute Gasteiger partial charge is 0.444 e. The predicted octanol–water partition coefficient (Wildman–Crippen LogP) is 5.29. The molecule has 1 atom stereocenters. The average Bonchev–Trinajstić information content (AvgIpc) is 2.66. The average molecular weight is 446 g/mol. The standard InChI is InChI=1S/C25H35NO6/c1-8-9-17-14-21(27)31-22-16(4)20(13-11-18(17)22)30-23(28)19(12-10-15(2)3)26-24(29)32-25(5,6)7/h11,13-15,19H,8-10,12H2,1-7H3,(H,26,29)/t19-/m1/s1. The van der Waals surface area contributed by atoms with Crippen LogP contribution < -0.4 is 15.7 Å². The lowest BCUT2D eigenvalue weighted by atomic mass is 10.0. The van der Waals surface area contributed by atoms with Crippen molar-refractivity contribution in [3.8, 4) is 5.75 Å². The topological polar surface area (TPSA) is 94.8 Å². The Bertz CT molecular complexity index is 1020. The molecule has 0 bridgehead atoms. The minimum Gasteiger partial charge on any atom is -0.444 e. The summed E-state index contributed by atoms with van der Waals surface area (Å²) in [5, 5.41) is 3.46. The summed E-state index contributed by atoms with van der Waals surface area (Å²) in [6, 6.07) is 4.13. The van der Waals surface area contributed by atoms with E-state index in [0.717, 1.165) is 30.2 Å². The van der Waals surface area contributed by atoms with Gasteiger partial charge in [0.15, 0.2) is 0 Å². The van der Waals surface area contributed by atoms with Crippen molar-refractivity contribution in [2.75, 3.05) is 0 Å². The second-order valence-corrected chi connectivity index (χ2v) is 9.50. The second-order valence-electron chi connectivity index (χ2n) is 9.50. The number of aryl methyl sites for hydroxylation is 2. The summed E-state index contributed by atoms with van der Waals surface area (Å²) in [5.41, 5.74) is 0.755. The Labute approximate surface area is 189 Å². The van der Waals surface area contributed by atoms with Crippen molar-refractivity contribution in [1.29, 1.82) is 0 Å². The normalized spacial score (nSPS) is 12.6. The lowest BCUT2D eigenvalue weighted by Crippen LogP contribution is -2.45. The number of nitrogens with one attached hydrogen (secondary N) is 1. The highest BCUT2D eigenvalue weighted by Crippen LogP contribution is 2.29. The zero-order valence-electron chi connectivity index (χ0n) is 20.2. The van der Waals surface area contributed by atoms with E-state index >= 15 is 0 Å². The first-order valence-electron chi connectivity index (χ1n) is 11.2. The van der Waals surface area contributed by atoms with Crippen LogP contribution in [-0.2, 0) is 16.0 Å². The molecular weight excluding hydrogens is 410 g/mol. The summed E-state index contributed by atoms with van der Waals surface area (Å²) in [6.07, 6.45) is 2.10. The Morgan fingerprint density at radius 1 is 1.16 bits per heavy atom. The van der Waals surface area contributed by atoms with E-state index in [2.05, 4.69) is 5.32 Å². The van der Waals surface area contributed by atoms with Gasteiger partial charge in [-0.1, -0.05) is 27.2 Å². The van der Waals surface area contributed by atoms with Crippen molar-refractivity contribution >= 4 is 23.0 Å². The smallest absolute Gasteiger partial charge is 0.408 e. The first-order chi connectivity index (χ1) is 14.9. The number of esters is 1. The van der Waals surface area contributed by atoms with E-state index in [-0.39, 0.29) is 0 Å². The highest BCUT2D eigenvalue weighted by Gasteiger charge is 2.27. The lowest BCUT2D eigenvalue weighted by molar-refractivity contribution is -0.137. The molecule has 2 aromatic rings. The minimum absolute atomic E-state index is 0.292. The molecule has 0 aliphatic heterocycles. The zero-order chi connectivity index (χ0) is 24.1. The number of carbonyl (C=O) groups is 2. The molecule has 1 heterocycles. The first kappa shape index (κ1) is 25.4. The van der Waals surface area contributed by atoms with Crippen LogP contribution in [0.15, 0.2) is 27.4 Å². The maximum atomic E-state index is 13.0. The fraction of sp³-hybridized carbons (Fsp3) is 0.560. The van der Waals surface area contributed by atoms with Crippen LogP contribution in [0.1, 0.15) is 71.9 Å². The minimum atomic E-state index is -0.860. The number of alkyl carbamates (subject to hydrolysis) is 1. The van der Waals surface area contributed by atoms with E-state index in [1.54, 1.807) is 39.8 Å². The Hall–Kier alpha value is -2.83. The molecule has 1 N–H and O–H groups in total. The van der Waals surface area contributed by atoms with Gasteiger partial charge in [0.2, 0.25) is 0 Å². The maximum Gasteiger partial charge on any atom is 0.408 e. The van der Waals surface area contributed by atoms with Gasteiger partial charge in [0.05, 0.1) is 0 Å². The molecule has 0 spiro atoms. The third-order valence-corrected chi connectivity index (χ3v) is 4.93. The van der Waals surface area contributed by atoms with Crippen LogP contribution >= 0.6 is 0 Å². The third-order valence-electron chi connectivity index (χ3n) is 4.93. The highest BCUT2D eigenvalue weighted by atomic mass is 16.6. The molecule has 0 unspecified atom stereocenters. The maximum absolute atomic E-state index is 13.0. The van der Waals surface area contributed by atoms with Crippen LogP contribution in [0.25, 0.3) is 11.0 Å². The molecule has 2 rings (SSSR count). The molecule has 1 amide bonds. The van der Waals surface area contributed by atoms with Crippen molar-refractivity contribution in [3.63, 3.8) is 0 Å². The molecule has 1 aromatic heterocycles. The summed E-state index contributed by atoms with van der Waals surface area (Å²) in [7, 11) is 0. The lowest BCUT2D eigenvalue weighted by Gasteiger charge is -2.23. The number of hydrogen-bond acceptors (Lipinski definition) is 6. The van der Waals surface area contributed by atoms with Crippen LogP contribution in [0.3, 0.4) is 0 Å². The van der Waals surface area contributed by atoms with E-state index in [4.69, 9.17) is 13.9 Å². The Kier molecular flexibility index (Phi) is 8.47. The van der Waals surface area contributed by atoms with Crippen LogP contribution in [-0.4, -0.2) is 23.7 Å². The van der Waals surface area contributed by atoms with Gasteiger partial charge in [-0.05, 0) is 70.6 Å². The monoisotopic (exact) mass is 445 g/mol. The number of fused-ring (bicyclic) bond motifs is 1. The first-order valence-corrected chi connectivity index (χ1v) is 11.2. The molecule has 7 nitrogen and oxygen atoms in total. The molecule has 0 radical (unpaired) electrons. The van der Waals surface area contributed by atoms with Crippen LogP contribution in [0.5, 0.6) is 5.75 Å². The van der Waals surface area contributed by atoms with Gasteiger partial charge >= 0.3 is 17.7 Å². The molecule has 0 aliphatic rings. The van der Waals surface area contributed by atoms with Crippen LogP contribution in [0, 0.1) is 12.8 Å². The van der Waals surface area contributed by atoms with E-state index < -0.39 is 29.3 Å².